The molecule has 1 heterocycles. The molecule has 5 nitrogen and oxygen atoms in total. The number of nitrogens with zero attached hydrogens (tertiary/aromatic N) is 1. The number of halogens is 1. The van der Waals surface area contributed by atoms with Gasteiger partial charge in [0.1, 0.15) is 12.4 Å². The summed E-state index contributed by atoms with van der Waals surface area (Å²) in [7, 11) is 0. The number of nitrogens with one attached hydrogen (secondary N) is 1. The molecule has 0 fully saturated rings. The quantitative estimate of drug-likeness (QED) is 0.549. The molecule has 2 aromatic carbocycles. The van der Waals surface area contributed by atoms with E-state index in [2.05, 4.69) is 11.4 Å². The summed E-state index contributed by atoms with van der Waals surface area (Å²) in [5.74, 6) is -0.751. The maximum atomic E-state index is 14.1. The van der Waals surface area contributed by atoms with E-state index in [1.165, 1.54) is 35.5 Å². The average molecular weight is 420 g/mol. The molecule has 0 unspecified atom stereocenters. The van der Waals surface area contributed by atoms with E-state index < -0.39 is 11.7 Å². The summed E-state index contributed by atoms with van der Waals surface area (Å²) in [4.78, 5) is 27.0. The monoisotopic (exact) mass is 420 g/mol. The van der Waals surface area contributed by atoms with Crippen molar-refractivity contribution in [3.8, 4) is 5.75 Å². The highest BCUT2D eigenvalue weighted by Gasteiger charge is 2.31. The Hall–Kier alpha value is -3.41. The first-order valence-electron chi connectivity index (χ1n) is 10.6. The van der Waals surface area contributed by atoms with Crippen molar-refractivity contribution in [3.63, 3.8) is 0 Å². The van der Waals surface area contributed by atoms with E-state index in [4.69, 9.17) is 4.74 Å². The lowest BCUT2D eigenvalue weighted by Crippen LogP contribution is -2.44. The van der Waals surface area contributed by atoms with Crippen molar-refractivity contribution in [2.45, 2.75) is 32.1 Å². The molecule has 0 saturated carbocycles. The van der Waals surface area contributed by atoms with Crippen molar-refractivity contribution < 1.29 is 18.7 Å². The highest BCUT2D eigenvalue weighted by Crippen LogP contribution is 2.35. The van der Waals surface area contributed by atoms with Crippen LogP contribution in [0.5, 0.6) is 5.75 Å². The third-order valence-corrected chi connectivity index (χ3v) is 5.48. The zero-order valence-electron chi connectivity index (χ0n) is 17.3. The smallest absolute Gasteiger partial charge is 0.294 e. The minimum absolute atomic E-state index is 0.0241. The van der Waals surface area contributed by atoms with Crippen molar-refractivity contribution >= 4 is 23.6 Å². The number of ether oxygens (including phenoxy) is 1. The molecule has 1 aliphatic carbocycles. The Morgan fingerprint density at radius 1 is 1.13 bits per heavy atom. The Morgan fingerprint density at radius 3 is 2.74 bits per heavy atom. The number of benzene rings is 2. The first kappa shape index (κ1) is 20.8. The second-order valence-corrected chi connectivity index (χ2v) is 7.70. The zero-order chi connectivity index (χ0) is 21.6. The lowest BCUT2D eigenvalue weighted by atomic mass is 9.97. The predicted molar refractivity (Wildman–Crippen MR) is 118 cm³/mol. The number of para-hydroxylation sites is 2. The van der Waals surface area contributed by atoms with E-state index in [1.54, 1.807) is 42.5 Å². The molecule has 6 heteroatoms. The van der Waals surface area contributed by atoms with Crippen molar-refractivity contribution in [2.75, 3.05) is 18.0 Å². The number of hydrogen-bond donors (Lipinski definition) is 1. The molecule has 0 bridgehead atoms. The van der Waals surface area contributed by atoms with Gasteiger partial charge in [0.25, 0.3) is 5.91 Å². The van der Waals surface area contributed by atoms with Crippen LogP contribution in [0.3, 0.4) is 0 Å². The van der Waals surface area contributed by atoms with E-state index in [1.807, 2.05) is 0 Å². The maximum Gasteiger partial charge on any atom is 0.294 e. The van der Waals surface area contributed by atoms with Crippen LogP contribution in [0, 0.1) is 5.82 Å². The molecule has 0 saturated heterocycles. The Labute approximate surface area is 181 Å². The number of anilines is 1. The molecule has 4 rings (SSSR count). The number of allylic oxidation sites excluding steroid dienone is 1. The molecule has 1 aliphatic heterocycles. The van der Waals surface area contributed by atoms with Crippen LogP contribution in [0.2, 0.25) is 0 Å². The Kier molecular flexibility index (Phi) is 6.46. The molecule has 0 radical (unpaired) electrons. The summed E-state index contributed by atoms with van der Waals surface area (Å²) in [6.07, 6.45) is 9.10. The van der Waals surface area contributed by atoms with Gasteiger partial charge in [0.15, 0.2) is 11.5 Å². The van der Waals surface area contributed by atoms with E-state index in [9.17, 15) is 14.0 Å². The third kappa shape index (κ3) is 5.02. The standard InChI is InChI=1S/C25H25FN2O3/c26-20-11-5-4-10-19(20)16-23-25(30)28(21-12-6-7-13-22(21)31-23)17-24(29)27-15-14-18-8-2-1-3-9-18/h4-8,10-13,16H,1-3,9,14-15,17H2,(H,27,29). The zero-order valence-corrected chi connectivity index (χ0v) is 17.3. The summed E-state index contributed by atoms with van der Waals surface area (Å²) in [6, 6.07) is 13.2. The first-order chi connectivity index (χ1) is 15.1. The maximum absolute atomic E-state index is 14.1. The number of carbonyl (C=O) groups excluding carboxylic acids is 2. The molecule has 0 aromatic heterocycles. The predicted octanol–water partition coefficient (Wildman–Crippen LogP) is 4.60. The topological polar surface area (TPSA) is 58.6 Å². The summed E-state index contributed by atoms with van der Waals surface area (Å²) in [5.41, 5.74) is 2.15. The van der Waals surface area contributed by atoms with Crippen LogP contribution in [-0.4, -0.2) is 24.9 Å². The minimum Gasteiger partial charge on any atom is -0.449 e. The van der Waals surface area contributed by atoms with Gasteiger partial charge in [-0.25, -0.2) is 4.39 Å². The van der Waals surface area contributed by atoms with E-state index in [0.29, 0.717) is 18.0 Å². The third-order valence-electron chi connectivity index (χ3n) is 5.48. The van der Waals surface area contributed by atoms with Gasteiger partial charge in [-0.2, -0.15) is 0 Å². The summed E-state index contributed by atoms with van der Waals surface area (Å²) in [6.45, 7) is 0.412. The van der Waals surface area contributed by atoms with Gasteiger partial charge in [0.2, 0.25) is 5.91 Å². The first-order valence-corrected chi connectivity index (χ1v) is 10.6. The Bertz CT molecular complexity index is 1040. The Balaban J connectivity index is 1.49. The van der Waals surface area contributed by atoms with Gasteiger partial charge in [-0.05, 0) is 56.4 Å². The van der Waals surface area contributed by atoms with Gasteiger partial charge < -0.3 is 10.1 Å². The van der Waals surface area contributed by atoms with Crippen LogP contribution in [0.15, 0.2) is 65.9 Å². The molecule has 31 heavy (non-hydrogen) atoms. The molecule has 160 valence electrons. The molecular weight excluding hydrogens is 395 g/mol. The van der Waals surface area contributed by atoms with Crippen LogP contribution in [-0.2, 0) is 9.59 Å². The largest absolute Gasteiger partial charge is 0.449 e. The fourth-order valence-corrected chi connectivity index (χ4v) is 3.85. The minimum atomic E-state index is -0.480. The van der Waals surface area contributed by atoms with Crippen molar-refractivity contribution in [2.24, 2.45) is 0 Å². The molecule has 2 aliphatic rings. The lowest BCUT2D eigenvalue weighted by Gasteiger charge is -2.30. The second-order valence-electron chi connectivity index (χ2n) is 7.70. The van der Waals surface area contributed by atoms with Gasteiger partial charge in [0, 0.05) is 12.1 Å². The van der Waals surface area contributed by atoms with Crippen LogP contribution < -0.4 is 15.0 Å². The second kappa shape index (κ2) is 9.60. The molecular formula is C25H25FN2O3. The van der Waals surface area contributed by atoms with Gasteiger partial charge in [-0.15, -0.1) is 0 Å². The number of hydrogen-bond acceptors (Lipinski definition) is 3. The van der Waals surface area contributed by atoms with Crippen molar-refractivity contribution in [1.29, 1.82) is 0 Å². The summed E-state index contributed by atoms with van der Waals surface area (Å²) in [5, 5.41) is 2.91. The number of amides is 2. The van der Waals surface area contributed by atoms with Crippen molar-refractivity contribution in [1.82, 2.24) is 5.32 Å². The van der Waals surface area contributed by atoms with Crippen LogP contribution in [0.1, 0.15) is 37.7 Å². The fraction of sp³-hybridized carbons (Fsp3) is 0.280. The van der Waals surface area contributed by atoms with Gasteiger partial charge in [0.05, 0.1) is 5.69 Å². The van der Waals surface area contributed by atoms with Gasteiger partial charge >= 0.3 is 0 Å². The summed E-state index contributed by atoms with van der Waals surface area (Å²) >= 11 is 0. The van der Waals surface area contributed by atoms with Crippen molar-refractivity contribution in [3.05, 3.63) is 77.3 Å². The Morgan fingerprint density at radius 2 is 1.94 bits per heavy atom. The molecule has 1 N–H and O–H groups in total. The van der Waals surface area contributed by atoms with Crippen LogP contribution >= 0.6 is 0 Å². The highest BCUT2D eigenvalue weighted by molar-refractivity contribution is 6.12. The fourth-order valence-electron chi connectivity index (χ4n) is 3.85. The van der Waals surface area contributed by atoms with Crippen LogP contribution in [0.4, 0.5) is 10.1 Å². The number of carbonyl (C=O) groups is 2. The van der Waals surface area contributed by atoms with Crippen LogP contribution in [0.25, 0.3) is 6.08 Å². The number of rotatable bonds is 6. The highest BCUT2D eigenvalue weighted by atomic mass is 19.1. The molecule has 2 amide bonds. The lowest BCUT2D eigenvalue weighted by molar-refractivity contribution is -0.123. The van der Waals surface area contributed by atoms with E-state index in [-0.39, 0.29) is 23.8 Å². The van der Waals surface area contributed by atoms with E-state index in [0.717, 1.165) is 19.3 Å². The summed E-state index contributed by atoms with van der Waals surface area (Å²) < 4.78 is 19.8. The van der Waals surface area contributed by atoms with E-state index >= 15 is 0 Å². The van der Waals surface area contributed by atoms with Gasteiger partial charge in [-0.3, -0.25) is 14.5 Å². The molecule has 2 aromatic rings. The normalized spacial score (nSPS) is 17.1. The molecule has 0 spiro atoms. The van der Waals surface area contributed by atoms with Gasteiger partial charge in [-0.1, -0.05) is 42.0 Å². The SMILES string of the molecule is O=C(CN1C(=O)C(=Cc2ccccc2F)Oc2ccccc21)NCCC1=CCCCC1. The average Bonchev–Trinajstić information content (AvgIpc) is 2.79. The number of fused-ring (bicyclic) bond motifs is 1. The molecule has 0 atom stereocenters.